The van der Waals surface area contributed by atoms with Gasteiger partial charge in [0.05, 0.1) is 0 Å². The fourth-order valence-corrected chi connectivity index (χ4v) is 4.05. The minimum Gasteiger partial charge on any atom is -0.481 e. The number of amides is 1. The van der Waals surface area contributed by atoms with E-state index in [1.807, 2.05) is 30.3 Å². The zero-order chi connectivity index (χ0) is 16.5. The molecule has 0 aromatic heterocycles. The molecule has 0 bridgehead atoms. The Balaban J connectivity index is 1.68. The van der Waals surface area contributed by atoms with E-state index in [2.05, 4.69) is 5.32 Å². The molecular weight excluding hydrogens is 314 g/mol. The molecular formula is C17H23NO4S. The molecule has 6 heteroatoms. The van der Waals surface area contributed by atoms with Crippen LogP contribution >= 0.6 is 11.8 Å². The van der Waals surface area contributed by atoms with E-state index in [0.717, 1.165) is 30.6 Å². The first-order chi connectivity index (χ1) is 11.1. The summed E-state index contributed by atoms with van der Waals surface area (Å²) in [6.07, 6.45) is 3.59. The predicted molar refractivity (Wildman–Crippen MR) is 90.5 cm³/mol. The van der Waals surface area contributed by atoms with Gasteiger partial charge in [-0.25, -0.2) is 4.79 Å². The molecule has 2 atom stereocenters. The predicted octanol–water partition coefficient (Wildman–Crippen LogP) is 3.43. The van der Waals surface area contributed by atoms with E-state index in [0.29, 0.717) is 11.7 Å². The van der Waals surface area contributed by atoms with Gasteiger partial charge in [-0.15, -0.1) is 0 Å². The van der Waals surface area contributed by atoms with Crippen LogP contribution in [0.15, 0.2) is 30.3 Å². The highest BCUT2D eigenvalue weighted by atomic mass is 32.2. The van der Waals surface area contributed by atoms with E-state index in [9.17, 15) is 9.59 Å². The molecule has 0 aliphatic heterocycles. The maximum atomic E-state index is 11.9. The number of carboxylic acid groups (broad SMARTS) is 1. The molecule has 1 aromatic carbocycles. The maximum Gasteiger partial charge on any atom is 0.407 e. The highest BCUT2D eigenvalue weighted by Gasteiger charge is 2.29. The summed E-state index contributed by atoms with van der Waals surface area (Å²) in [6, 6.07) is 9.71. The highest BCUT2D eigenvalue weighted by Crippen LogP contribution is 2.30. The van der Waals surface area contributed by atoms with Crippen molar-refractivity contribution in [1.82, 2.24) is 5.32 Å². The third-order valence-corrected chi connectivity index (χ3v) is 5.35. The van der Waals surface area contributed by atoms with E-state index in [4.69, 9.17) is 9.84 Å². The minimum atomic E-state index is -0.754. The molecule has 1 aliphatic rings. The highest BCUT2D eigenvalue weighted by molar-refractivity contribution is 7.99. The van der Waals surface area contributed by atoms with Gasteiger partial charge in [0.1, 0.15) is 6.61 Å². The second-order valence-corrected chi connectivity index (χ2v) is 7.00. The monoisotopic (exact) mass is 337 g/mol. The normalized spacial score (nSPS) is 20.2. The number of thioether (sulfide) groups is 1. The van der Waals surface area contributed by atoms with Crippen molar-refractivity contribution in [3.63, 3.8) is 0 Å². The standard InChI is InChI=1S/C17H23NO4S/c19-16(20)10-5-11-23-15-9-4-8-14(15)18-17(21)22-12-13-6-2-1-3-7-13/h1-3,6-7,14-15H,4-5,8-12H2,(H,18,21)(H,19,20). The molecule has 1 fully saturated rings. The fraction of sp³-hybridized carbons (Fsp3) is 0.529. The van der Waals surface area contributed by atoms with Crippen LogP contribution in [-0.2, 0) is 16.1 Å². The van der Waals surface area contributed by atoms with Crippen LogP contribution in [0.4, 0.5) is 4.79 Å². The van der Waals surface area contributed by atoms with E-state index >= 15 is 0 Å². The summed E-state index contributed by atoms with van der Waals surface area (Å²) < 4.78 is 5.26. The number of rotatable bonds is 8. The third kappa shape index (κ3) is 6.52. The first kappa shape index (κ1) is 17.7. The van der Waals surface area contributed by atoms with Crippen LogP contribution in [0.3, 0.4) is 0 Å². The molecule has 2 rings (SSSR count). The van der Waals surface area contributed by atoms with E-state index in [1.54, 1.807) is 11.8 Å². The molecule has 1 aliphatic carbocycles. The summed E-state index contributed by atoms with van der Waals surface area (Å²) in [6.45, 7) is 0.274. The summed E-state index contributed by atoms with van der Waals surface area (Å²) in [5, 5.41) is 12.0. The van der Waals surface area contributed by atoms with Crippen LogP contribution in [0.5, 0.6) is 0 Å². The number of hydrogen-bond donors (Lipinski definition) is 2. The van der Waals surface area contributed by atoms with E-state index < -0.39 is 5.97 Å². The van der Waals surface area contributed by atoms with Gasteiger partial charge < -0.3 is 15.2 Å². The lowest BCUT2D eigenvalue weighted by Gasteiger charge is -2.20. The third-order valence-electron chi connectivity index (χ3n) is 3.84. The van der Waals surface area contributed by atoms with Crippen molar-refractivity contribution in [3.8, 4) is 0 Å². The molecule has 2 unspecified atom stereocenters. The largest absolute Gasteiger partial charge is 0.481 e. The topological polar surface area (TPSA) is 75.6 Å². The van der Waals surface area contributed by atoms with Gasteiger partial charge in [0.15, 0.2) is 0 Å². The lowest BCUT2D eigenvalue weighted by molar-refractivity contribution is -0.137. The van der Waals surface area contributed by atoms with Crippen LogP contribution in [0.1, 0.15) is 37.7 Å². The quantitative estimate of drug-likeness (QED) is 0.711. The number of nitrogens with one attached hydrogen (secondary N) is 1. The number of benzene rings is 1. The molecule has 23 heavy (non-hydrogen) atoms. The number of alkyl carbamates (subject to hydrolysis) is 1. The van der Waals surface area contributed by atoms with Gasteiger partial charge in [-0.2, -0.15) is 11.8 Å². The van der Waals surface area contributed by atoms with Crippen molar-refractivity contribution in [1.29, 1.82) is 0 Å². The number of carbonyl (C=O) groups is 2. The van der Waals surface area contributed by atoms with E-state index in [1.165, 1.54) is 0 Å². The molecule has 126 valence electrons. The molecule has 2 N–H and O–H groups in total. The Morgan fingerprint density at radius 3 is 2.78 bits per heavy atom. The van der Waals surface area contributed by atoms with Gasteiger partial charge in [-0.05, 0) is 30.6 Å². The second-order valence-electron chi connectivity index (χ2n) is 5.65. The van der Waals surface area contributed by atoms with Crippen molar-refractivity contribution < 1.29 is 19.4 Å². The van der Waals surface area contributed by atoms with Crippen molar-refractivity contribution in [2.75, 3.05) is 5.75 Å². The lowest BCUT2D eigenvalue weighted by Crippen LogP contribution is -2.39. The molecule has 0 spiro atoms. The molecule has 1 aromatic rings. The number of ether oxygens (including phenoxy) is 1. The van der Waals surface area contributed by atoms with Gasteiger partial charge in [-0.1, -0.05) is 36.8 Å². The Bertz CT molecular complexity index is 509. The summed E-state index contributed by atoms with van der Waals surface area (Å²) in [4.78, 5) is 22.4. The van der Waals surface area contributed by atoms with Gasteiger partial charge in [0.25, 0.3) is 0 Å². The number of carboxylic acids is 1. The van der Waals surface area contributed by atoms with E-state index in [-0.39, 0.29) is 25.2 Å². The van der Waals surface area contributed by atoms with Crippen LogP contribution in [0, 0.1) is 0 Å². The Labute approximate surface area is 140 Å². The Morgan fingerprint density at radius 2 is 2.04 bits per heavy atom. The van der Waals surface area contributed by atoms with Crippen molar-refractivity contribution in [2.45, 2.75) is 50.0 Å². The zero-order valence-corrected chi connectivity index (χ0v) is 13.9. The Kier molecular flexibility index (Phi) is 7.26. The van der Waals surface area contributed by atoms with Crippen LogP contribution < -0.4 is 5.32 Å². The van der Waals surface area contributed by atoms with Crippen molar-refractivity contribution >= 4 is 23.8 Å². The Hall–Kier alpha value is -1.69. The number of aliphatic carboxylic acids is 1. The first-order valence-corrected chi connectivity index (χ1v) is 9.00. The smallest absolute Gasteiger partial charge is 0.407 e. The van der Waals surface area contributed by atoms with Crippen molar-refractivity contribution in [2.24, 2.45) is 0 Å². The van der Waals surface area contributed by atoms with Crippen LogP contribution in [-0.4, -0.2) is 34.2 Å². The minimum absolute atomic E-state index is 0.119. The van der Waals surface area contributed by atoms with Crippen LogP contribution in [0.2, 0.25) is 0 Å². The van der Waals surface area contributed by atoms with Gasteiger partial charge in [0.2, 0.25) is 0 Å². The molecule has 1 saturated carbocycles. The molecule has 0 heterocycles. The zero-order valence-electron chi connectivity index (χ0n) is 13.1. The van der Waals surface area contributed by atoms with Crippen molar-refractivity contribution in [3.05, 3.63) is 35.9 Å². The molecule has 0 saturated heterocycles. The van der Waals surface area contributed by atoms with Gasteiger partial charge in [-0.3, -0.25) is 4.79 Å². The summed E-state index contributed by atoms with van der Waals surface area (Å²) >= 11 is 1.76. The Morgan fingerprint density at radius 1 is 1.26 bits per heavy atom. The maximum absolute atomic E-state index is 11.9. The van der Waals surface area contributed by atoms with Crippen LogP contribution in [0.25, 0.3) is 0 Å². The van der Waals surface area contributed by atoms with Gasteiger partial charge in [0, 0.05) is 17.7 Å². The summed E-state index contributed by atoms with van der Waals surface area (Å²) in [5.41, 5.74) is 0.966. The molecule has 1 amide bonds. The fourth-order valence-electron chi connectivity index (χ4n) is 2.66. The summed E-state index contributed by atoms with van der Waals surface area (Å²) in [5.74, 6) is 0.0602. The number of carbonyl (C=O) groups excluding carboxylic acids is 1. The molecule has 0 radical (unpaired) electrons. The average molecular weight is 337 g/mol. The lowest BCUT2D eigenvalue weighted by atomic mass is 10.2. The van der Waals surface area contributed by atoms with Gasteiger partial charge >= 0.3 is 12.1 Å². The second kappa shape index (κ2) is 9.45. The average Bonchev–Trinajstić information content (AvgIpc) is 2.97. The molecule has 5 nitrogen and oxygen atoms in total. The SMILES string of the molecule is O=C(O)CCCSC1CCCC1NC(=O)OCc1ccccc1. The number of hydrogen-bond acceptors (Lipinski definition) is 4. The summed E-state index contributed by atoms with van der Waals surface area (Å²) in [7, 11) is 0. The first-order valence-electron chi connectivity index (χ1n) is 7.96.